The number of aliphatic hydroxyl groups excluding tert-OH is 1. The Balaban J connectivity index is 1.80. The van der Waals surface area contributed by atoms with Gasteiger partial charge < -0.3 is 10.4 Å². The zero-order valence-corrected chi connectivity index (χ0v) is 14.7. The summed E-state index contributed by atoms with van der Waals surface area (Å²) in [5, 5.41) is 11.7. The van der Waals surface area contributed by atoms with Crippen LogP contribution in [0.15, 0.2) is 30.3 Å². The Hall–Kier alpha value is -2.29. The molecule has 3 N–H and O–H groups in total. The van der Waals surface area contributed by atoms with E-state index in [9.17, 15) is 23.1 Å². The van der Waals surface area contributed by atoms with Crippen molar-refractivity contribution in [3.63, 3.8) is 0 Å². The van der Waals surface area contributed by atoms with Gasteiger partial charge in [0.05, 0.1) is 30.2 Å². The molecule has 1 saturated carbocycles. The van der Waals surface area contributed by atoms with Crippen molar-refractivity contribution < 1.29 is 27.9 Å². The lowest BCUT2D eigenvalue weighted by molar-refractivity contribution is -0.0000404. The number of aliphatic hydroxyl groups is 1. The lowest BCUT2D eigenvalue weighted by Gasteiger charge is -2.16. The molecule has 144 valence electrons. The minimum Gasteiger partial charge on any atom is -0.396 e. The summed E-state index contributed by atoms with van der Waals surface area (Å²) in [7, 11) is 0. The molecular weight excluding hydrogens is 385 g/mol. The minimum absolute atomic E-state index is 0.0727. The summed E-state index contributed by atoms with van der Waals surface area (Å²) in [4.78, 5) is 17.4. The number of rotatable bonds is 7. The number of hydrogen-bond acceptors (Lipinski definition) is 4. The smallest absolute Gasteiger partial charge is 0.277 e. The zero-order valence-electron chi connectivity index (χ0n) is 14.0. The third-order valence-corrected chi connectivity index (χ3v) is 4.60. The molecule has 0 saturated heterocycles. The van der Waals surface area contributed by atoms with E-state index in [4.69, 9.17) is 16.4 Å². The summed E-state index contributed by atoms with van der Waals surface area (Å²) in [6.45, 7) is 0.0180. The molecule has 1 amide bonds. The van der Waals surface area contributed by atoms with Crippen LogP contribution in [0.2, 0.25) is 5.02 Å². The van der Waals surface area contributed by atoms with Crippen LogP contribution < -0.4 is 10.8 Å². The van der Waals surface area contributed by atoms with Gasteiger partial charge in [0.25, 0.3) is 5.91 Å². The van der Waals surface area contributed by atoms with Crippen LogP contribution in [0.3, 0.4) is 0 Å². The fourth-order valence-corrected chi connectivity index (χ4v) is 2.58. The molecule has 1 aliphatic rings. The summed E-state index contributed by atoms with van der Waals surface area (Å²) in [5.41, 5.74) is 0.760. The first-order valence-electron chi connectivity index (χ1n) is 8.08. The van der Waals surface area contributed by atoms with Gasteiger partial charge in [-0.3, -0.25) is 9.63 Å². The third kappa shape index (κ3) is 4.35. The van der Waals surface area contributed by atoms with Gasteiger partial charge in [0.1, 0.15) is 5.82 Å². The van der Waals surface area contributed by atoms with Gasteiger partial charge in [-0.15, -0.1) is 0 Å². The largest absolute Gasteiger partial charge is 0.396 e. The van der Waals surface area contributed by atoms with Gasteiger partial charge in [-0.2, -0.15) is 0 Å². The van der Waals surface area contributed by atoms with E-state index in [-0.39, 0.29) is 34.9 Å². The molecule has 0 heterocycles. The number of carbonyl (C=O) groups is 1. The van der Waals surface area contributed by atoms with E-state index in [1.165, 1.54) is 12.1 Å². The van der Waals surface area contributed by atoms with Crippen molar-refractivity contribution in [1.29, 1.82) is 0 Å². The second-order valence-corrected chi connectivity index (χ2v) is 6.85. The lowest BCUT2D eigenvalue weighted by Crippen LogP contribution is -2.29. The first-order chi connectivity index (χ1) is 12.8. The van der Waals surface area contributed by atoms with Gasteiger partial charge in [0.15, 0.2) is 11.6 Å². The van der Waals surface area contributed by atoms with Crippen LogP contribution in [-0.4, -0.2) is 24.2 Å². The second kappa shape index (κ2) is 7.75. The molecule has 0 atom stereocenters. The van der Waals surface area contributed by atoms with Crippen LogP contribution in [0, 0.1) is 22.9 Å². The molecular formula is C18H16ClF3N2O3. The topological polar surface area (TPSA) is 70.6 Å². The molecule has 9 heteroatoms. The summed E-state index contributed by atoms with van der Waals surface area (Å²) in [6, 6.07) is 5.42. The van der Waals surface area contributed by atoms with Crippen LogP contribution in [0.4, 0.5) is 24.5 Å². The van der Waals surface area contributed by atoms with Gasteiger partial charge >= 0.3 is 0 Å². The fourth-order valence-electron chi connectivity index (χ4n) is 2.42. The van der Waals surface area contributed by atoms with Crippen molar-refractivity contribution >= 4 is 28.9 Å². The maximum absolute atomic E-state index is 14.3. The monoisotopic (exact) mass is 400 g/mol. The van der Waals surface area contributed by atoms with Crippen molar-refractivity contribution in [2.24, 2.45) is 5.41 Å². The summed E-state index contributed by atoms with van der Waals surface area (Å²) >= 11 is 5.67. The zero-order chi connectivity index (χ0) is 19.6. The highest BCUT2D eigenvalue weighted by Gasteiger charge is 2.42. The highest BCUT2D eigenvalue weighted by atomic mass is 35.5. The molecule has 3 rings (SSSR count). The van der Waals surface area contributed by atoms with Crippen molar-refractivity contribution in [2.45, 2.75) is 12.8 Å². The van der Waals surface area contributed by atoms with E-state index in [1.54, 1.807) is 0 Å². The molecule has 0 unspecified atom stereocenters. The number of hydroxylamine groups is 1. The van der Waals surface area contributed by atoms with Crippen molar-refractivity contribution in [1.82, 2.24) is 5.48 Å². The molecule has 0 bridgehead atoms. The predicted molar refractivity (Wildman–Crippen MR) is 93.2 cm³/mol. The SMILES string of the molecule is O=C(NOCC1(CO)CC1)c1ccc(F)c(F)c1Nc1ccc(Cl)cc1F. The summed E-state index contributed by atoms with van der Waals surface area (Å²) in [5.74, 6) is -4.19. The van der Waals surface area contributed by atoms with Crippen LogP contribution in [-0.2, 0) is 4.84 Å². The number of benzene rings is 2. The number of hydrogen-bond donors (Lipinski definition) is 3. The molecule has 2 aromatic rings. The van der Waals surface area contributed by atoms with E-state index in [0.717, 1.165) is 31.0 Å². The minimum atomic E-state index is -1.34. The standard InChI is InChI=1S/C18H16ClF3N2O3/c19-10-1-4-14(13(21)7-10)23-16-11(2-3-12(20)15(16)22)17(26)24-27-9-18(8-25)5-6-18/h1-4,7,23,25H,5-6,8-9H2,(H,24,26). The van der Waals surface area contributed by atoms with Gasteiger partial charge in [-0.25, -0.2) is 18.7 Å². The van der Waals surface area contributed by atoms with Gasteiger partial charge in [-0.05, 0) is 43.2 Å². The Morgan fingerprint density at radius 1 is 1.19 bits per heavy atom. The number of halogens is 4. The number of amides is 1. The van der Waals surface area contributed by atoms with Gasteiger partial charge in [0.2, 0.25) is 0 Å². The maximum Gasteiger partial charge on any atom is 0.277 e. The molecule has 0 aromatic heterocycles. The maximum atomic E-state index is 14.3. The van der Waals surface area contributed by atoms with Crippen molar-refractivity contribution in [3.8, 4) is 0 Å². The molecule has 0 radical (unpaired) electrons. The third-order valence-electron chi connectivity index (χ3n) is 4.37. The van der Waals surface area contributed by atoms with Gasteiger partial charge in [-0.1, -0.05) is 11.6 Å². The Kier molecular flexibility index (Phi) is 5.59. The molecule has 1 aliphatic carbocycles. The Morgan fingerprint density at radius 2 is 1.93 bits per heavy atom. The molecule has 5 nitrogen and oxygen atoms in total. The Morgan fingerprint density at radius 3 is 2.56 bits per heavy atom. The van der Waals surface area contributed by atoms with Crippen LogP contribution in [0.5, 0.6) is 0 Å². The number of anilines is 2. The van der Waals surface area contributed by atoms with E-state index >= 15 is 0 Å². The van der Waals surface area contributed by atoms with Crippen LogP contribution in [0.25, 0.3) is 0 Å². The quantitative estimate of drug-likeness (QED) is 0.616. The second-order valence-electron chi connectivity index (χ2n) is 6.41. The van der Waals surface area contributed by atoms with E-state index in [0.29, 0.717) is 0 Å². The van der Waals surface area contributed by atoms with Crippen LogP contribution in [0.1, 0.15) is 23.2 Å². The van der Waals surface area contributed by atoms with E-state index in [1.807, 2.05) is 0 Å². The molecule has 2 aromatic carbocycles. The van der Waals surface area contributed by atoms with Crippen molar-refractivity contribution in [2.75, 3.05) is 18.5 Å². The molecule has 27 heavy (non-hydrogen) atoms. The Labute approximate surface area is 158 Å². The first kappa shape index (κ1) is 19.5. The lowest BCUT2D eigenvalue weighted by atomic mass is 10.1. The van der Waals surface area contributed by atoms with Crippen LogP contribution >= 0.6 is 11.6 Å². The van der Waals surface area contributed by atoms with Crippen molar-refractivity contribution in [3.05, 3.63) is 58.4 Å². The summed E-state index contributed by atoms with van der Waals surface area (Å²) < 4.78 is 41.9. The summed E-state index contributed by atoms with van der Waals surface area (Å²) in [6.07, 6.45) is 1.54. The molecule has 0 aliphatic heterocycles. The predicted octanol–water partition coefficient (Wildman–Crippen LogP) is 3.93. The number of carbonyl (C=O) groups excluding carboxylic acids is 1. The average molecular weight is 401 g/mol. The highest BCUT2D eigenvalue weighted by molar-refractivity contribution is 6.30. The first-order valence-corrected chi connectivity index (χ1v) is 8.46. The number of nitrogens with one attached hydrogen (secondary N) is 2. The fraction of sp³-hybridized carbons (Fsp3) is 0.278. The Bertz CT molecular complexity index is 875. The molecule has 1 fully saturated rings. The van der Waals surface area contributed by atoms with E-state index in [2.05, 4.69) is 10.8 Å². The normalized spacial score (nSPS) is 14.7. The average Bonchev–Trinajstić information content (AvgIpc) is 3.41. The highest BCUT2D eigenvalue weighted by Crippen LogP contribution is 2.44. The van der Waals surface area contributed by atoms with Gasteiger partial charge in [0, 0.05) is 10.4 Å². The molecule has 0 spiro atoms. The van der Waals surface area contributed by atoms with E-state index < -0.39 is 29.0 Å².